The van der Waals surface area contributed by atoms with Crippen molar-refractivity contribution in [3.8, 4) is 0 Å². The zero-order valence-electron chi connectivity index (χ0n) is 12.2. The van der Waals surface area contributed by atoms with Gasteiger partial charge in [-0.3, -0.25) is 9.59 Å². The Balaban J connectivity index is 2.89. The smallest absolute Gasteiger partial charge is 0.271 e. The molecule has 1 aromatic heterocycles. The number of halogens is 1. The van der Waals surface area contributed by atoms with Gasteiger partial charge < -0.3 is 19.1 Å². The highest BCUT2D eigenvalue weighted by atomic mass is 79.9. The molecule has 0 aliphatic rings. The highest BCUT2D eigenvalue weighted by Crippen LogP contribution is 2.15. The van der Waals surface area contributed by atoms with Crippen LogP contribution in [0.1, 0.15) is 10.5 Å². The van der Waals surface area contributed by atoms with Gasteiger partial charge in [-0.15, -0.1) is 0 Å². The van der Waals surface area contributed by atoms with Gasteiger partial charge in [0.05, 0.1) is 6.61 Å². The summed E-state index contributed by atoms with van der Waals surface area (Å²) in [7, 11) is 6.69. The lowest BCUT2D eigenvalue weighted by molar-refractivity contribution is -0.129. The van der Waals surface area contributed by atoms with Crippen molar-refractivity contribution >= 4 is 27.7 Å². The number of carbonyl (C=O) groups is 2. The Bertz CT molecular complexity index is 485. The summed E-state index contributed by atoms with van der Waals surface area (Å²) < 4.78 is 7.56. The fraction of sp³-hybridized carbons (Fsp3) is 0.538. The van der Waals surface area contributed by atoms with E-state index < -0.39 is 0 Å². The van der Waals surface area contributed by atoms with Gasteiger partial charge in [0.25, 0.3) is 5.91 Å². The Labute approximate surface area is 127 Å². The van der Waals surface area contributed by atoms with E-state index in [1.807, 2.05) is 0 Å². The van der Waals surface area contributed by atoms with Gasteiger partial charge in [0.2, 0.25) is 5.91 Å². The van der Waals surface area contributed by atoms with Gasteiger partial charge >= 0.3 is 0 Å². The number of aryl methyl sites for hydroxylation is 1. The van der Waals surface area contributed by atoms with E-state index in [4.69, 9.17) is 4.74 Å². The molecule has 0 N–H and O–H groups in total. The summed E-state index contributed by atoms with van der Waals surface area (Å²) in [4.78, 5) is 27.3. The van der Waals surface area contributed by atoms with Crippen LogP contribution in [-0.4, -0.2) is 67.1 Å². The van der Waals surface area contributed by atoms with E-state index in [1.165, 1.54) is 9.80 Å². The maximum atomic E-state index is 12.5. The van der Waals surface area contributed by atoms with Crippen LogP contribution in [0.3, 0.4) is 0 Å². The summed E-state index contributed by atoms with van der Waals surface area (Å²) in [5.74, 6) is -0.312. The number of hydrogen-bond donors (Lipinski definition) is 0. The summed E-state index contributed by atoms with van der Waals surface area (Å²) >= 11 is 3.34. The van der Waals surface area contributed by atoms with Crippen LogP contribution in [0.25, 0.3) is 0 Å². The van der Waals surface area contributed by atoms with Crippen molar-refractivity contribution in [3.05, 3.63) is 22.4 Å². The van der Waals surface area contributed by atoms with Gasteiger partial charge in [-0.1, -0.05) is 0 Å². The third-order valence-electron chi connectivity index (χ3n) is 2.87. The number of methoxy groups -OCH3 is 1. The monoisotopic (exact) mass is 345 g/mol. The van der Waals surface area contributed by atoms with Crippen LogP contribution < -0.4 is 0 Å². The number of aromatic nitrogens is 1. The minimum Gasteiger partial charge on any atom is -0.383 e. The topological polar surface area (TPSA) is 54.8 Å². The Kier molecular flexibility index (Phi) is 6.22. The summed E-state index contributed by atoms with van der Waals surface area (Å²) in [6.45, 7) is 0.799. The molecule has 1 rings (SSSR count). The highest BCUT2D eigenvalue weighted by Gasteiger charge is 2.21. The zero-order valence-corrected chi connectivity index (χ0v) is 13.8. The Morgan fingerprint density at radius 1 is 1.40 bits per heavy atom. The molecular formula is C13H20BrN3O3. The Morgan fingerprint density at radius 2 is 2.05 bits per heavy atom. The van der Waals surface area contributed by atoms with E-state index in [9.17, 15) is 9.59 Å². The number of likely N-dealkylation sites (N-methyl/N-ethyl adjacent to an activating group) is 1. The van der Waals surface area contributed by atoms with E-state index in [2.05, 4.69) is 15.9 Å². The van der Waals surface area contributed by atoms with E-state index in [0.717, 1.165) is 4.47 Å². The number of ether oxygens (including phenoxy) is 1. The van der Waals surface area contributed by atoms with Crippen molar-refractivity contribution in [1.29, 1.82) is 0 Å². The van der Waals surface area contributed by atoms with Crippen molar-refractivity contribution in [2.24, 2.45) is 7.05 Å². The number of rotatable bonds is 6. The molecule has 0 aliphatic carbocycles. The molecule has 0 saturated carbocycles. The molecule has 0 atom stereocenters. The molecule has 7 heteroatoms. The van der Waals surface area contributed by atoms with E-state index in [0.29, 0.717) is 18.8 Å². The molecule has 0 spiro atoms. The molecule has 1 heterocycles. The second-order valence-electron chi connectivity index (χ2n) is 4.66. The van der Waals surface area contributed by atoms with Crippen molar-refractivity contribution in [2.75, 3.05) is 40.9 Å². The SMILES string of the molecule is COCCN(CC(=O)N(C)C)C(=O)c1cc(Br)cn1C. The van der Waals surface area contributed by atoms with E-state index in [-0.39, 0.29) is 18.4 Å². The van der Waals surface area contributed by atoms with E-state index >= 15 is 0 Å². The summed E-state index contributed by atoms with van der Waals surface area (Å²) in [5.41, 5.74) is 0.527. The fourth-order valence-electron chi connectivity index (χ4n) is 1.66. The molecule has 0 aliphatic heterocycles. The fourth-order valence-corrected chi connectivity index (χ4v) is 2.18. The number of amides is 2. The predicted octanol–water partition coefficient (Wildman–Crippen LogP) is 0.964. The lowest BCUT2D eigenvalue weighted by Gasteiger charge is -2.23. The second-order valence-corrected chi connectivity index (χ2v) is 5.58. The average molecular weight is 346 g/mol. The molecule has 6 nitrogen and oxygen atoms in total. The third kappa shape index (κ3) is 4.35. The standard InChI is InChI=1S/C13H20BrN3O3/c1-15(2)12(18)9-17(5-6-20-4)13(19)11-7-10(14)8-16(11)3/h7-8H,5-6,9H2,1-4H3. The van der Waals surface area contributed by atoms with Crippen LogP contribution in [0.2, 0.25) is 0 Å². The van der Waals surface area contributed by atoms with Crippen molar-refractivity contribution < 1.29 is 14.3 Å². The predicted molar refractivity (Wildman–Crippen MR) is 79.6 cm³/mol. The Morgan fingerprint density at radius 3 is 2.50 bits per heavy atom. The van der Waals surface area contributed by atoms with E-state index in [1.54, 1.807) is 45.1 Å². The number of nitrogens with zero attached hydrogens (tertiary/aromatic N) is 3. The van der Waals surface area contributed by atoms with Gasteiger partial charge in [-0.25, -0.2) is 0 Å². The van der Waals surface area contributed by atoms with Gasteiger partial charge in [-0.05, 0) is 22.0 Å². The summed E-state index contributed by atoms with van der Waals surface area (Å²) in [6.07, 6.45) is 1.80. The maximum absolute atomic E-state index is 12.5. The summed E-state index contributed by atoms with van der Waals surface area (Å²) in [6, 6.07) is 1.74. The molecule has 0 saturated heterocycles. The molecule has 0 radical (unpaired) electrons. The largest absolute Gasteiger partial charge is 0.383 e. The quantitative estimate of drug-likeness (QED) is 0.771. The minimum absolute atomic E-state index is 0.0397. The van der Waals surface area contributed by atoms with Gasteiger partial charge in [0.1, 0.15) is 12.2 Å². The van der Waals surface area contributed by atoms with Crippen LogP contribution in [0.15, 0.2) is 16.7 Å². The van der Waals surface area contributed by atoms with Crippen LogP contribution in [0.5, 0.6) is 0 Å². The molecule has 2 amide bonds. The maximum Gasteiger partial charge on any atom is 0.271 e. The first-order valence-electron chi connectivity index (χ1n) is 6.17. The number of carbonyl (C=O) groups excluding carboxylic acids is 2. The summed E-state index contributed by atoms with van der Waals surface area (Å²) in [5, 5.41) is 0. The van der Waals surface area contributed by atoms with Crippen LogP contribution >= 0.6 is 15.9 Å². The molecular weight excluding hydrogens is 326 g/mol. The first-order valence-corrected chi connectivity index (χ1v) is 6.96. The average Bonchev–Trinajstić information content (AvgIpc) is 2.72. The molecule has 0 bridgehead atoms. The lowest BCUT2D eigenvalue weighted by atomic mass is 10.3. The molecule has 1 aromatic rings. The lowest BCUT2D eigenvalue weighted by Crippen LogP contribution is -2.42. The highest BCUT2D eigenvalue weighted by molar-refractivity contribution is 9.10. The first kappa shape index (κ1) is 16.7. The van der Waals surface area contributed by atoms with Crippen LogP contribution in [0.4, 0.5) is 0 Å². The first-order chi connectivity index (χ1) is 9.36. The minimum atomic E-state index is -0.189. The van der Waals surface area contributed by atoms with Crippen molar-refractivity contribution in [2.45, 2.75) is 0 Å². The second kappa shape index (κ2) is 7.44. The van der Waals surface area contributed by atoms with Gasteiger partial charge in [0.15, 0.2) is 0 Å². The van der Waals surface area contributed by atoms with Crippen molar-refractivity contribution in [1.82, 2.24) is 14.4 Å². The van der Waals surface area contributed by atoms with Gasteiger partial charge in [0, 0.05) is 45.5 Å². The molecule has 0 unspecified atom stereocenters. The van der Waals surface area contributed by atoms with Crippen LogP contribution in [0, 0.1) is 0 Å². The van der Waals surface area contributed by atoms with Crippen molar-refractivity contribution in [3.63, 3.8) is 0 Å². The van der Waals surface area contributed by atoms with Gasteiger partial charge in [-0.2, -0.15) is 0 Å². The van der Waals surface area contributed by atoms with Crippen LogP contribution in [-0.2, 0) is 16.6 Å². The molecule has 20 heavy (non-hydrogen) atoms. The normalized spacial score (nSPS) is 10.4. The zero-order chi connectivity index (χ0) is 15.3. The molecule has 0 fully saturated rings. The molecule has 112 valence electrons. The third-order valence-corrected chi connectivity index (χ3v) is 3.30. The molecule has 0 aromatic carbocycles. The number of hydrogen-bond acceptors (Lipinski definition) is 3. The Hall–Kier alpha value is -1.34.